The van der Waals surface area contributed by atoms with E-state index in [4.69, 9.17) is 9.78 Å². The molecule has 6 heteroatoms. The molecule has 0 aliphatic heterocycles. The van der Waals surface area contributed by atoms with Crippen molar-refractivity contribution in [1.82, 2.24) is 10.1 Å². The molecule has 0 spiro atoms. The van der Waals surface area contributed by atoms with Gasteiger partial charge >= 0.3 is 0 Å². The van der Waals surface area contributed by atoms with Crippen LogP contribution < -0.4 is 5.32 Å². The molecule has 0 atom stereocenters. The van der Waals surface area contributed by atoms with E-state index in [1.165, 1.54) is 0 Å². The fraction of sp³-hybridized carbons (Fsp3) is 0.222. The van der Waals surface area contributed by atoms with E-state index in [-0.39, 0.29) is 11.8 Å². The summed E-state index contributed by atoms with van der Waals surface area (Å²) in [5.41, 5.74) is 3.23. The molecule has 0 aliphatic rings. The molecule has 0 saturated carbocycles. The molecule has 0 fully saturated rings. The van der Waals surface area contributed by atoms with Crippen LogP contribution in [0.2, 0.25) is 0 Å². The number of benzene rings is 1. The van der Waals surface area contributed by atoms with Gasteiger partial charge < -0.3 is 9.84 Å². The topological polar surface area (TPSA) is 91.8 Å². The first kappa shape index (κ1) is 15.7. The zero-order chi connectivity index (χ0) is 17.3. The van der Waals surface area contributed by atoms with E-state index in [1.807, 2.05) is 13.8 Å². The number of hydrogen-bond acceptors (Lipinski definition) is 5. The normalized spacial score (nSPS) is 10.8. The Kier molecular flexibility index (Phi) is 4.00. The zero-order valence-electron chi connectivity index (χ0n) is 13.6. The highest BCUT2D eigenvalue weighted by Crippen LogP contribution is 2.26. The van der Waals surface area contributed by atoms with Crippen molar-refractivity contribution in [2.45, 2.75) is 26.7 Å². The minimum Gasteiger partial charge on any atom is -0.336 e. The second-order valence-electron chi connectivity index (χ2n) is 5.84. The molecule has 0 unspecified atom stereocenters. The summed E-state index contributed by atoms with van der Waals surface area (Å²) in [6, 6.07) is 10.6. The molecule has 1 aromatic carbocycles. The molecule has 3 aromatic rings. The van der Waals surface area contributed by atoms with Crippen molar-refractivity contribution in [3.63, 3.8) is 0 Å². The molecule has 1 N–H and O–H groups in total. The third-order valence-corrected chi connectivity index (χ3v) is 3.72. The Morgan fingerprint density at radius 1 is 1.33 bits per heavy atom. The van der Waals surface area contributed by atoms with Gasteiger partial charge in [0, 0.05) is 11.4 Å². The number of amides is 1. The number of aromatic nitrogens is 2. The highest BCUT2D eigenvalue weighted by Gasteiger charge is 2.19. The Hall–Kier alpha value is -3.20. The van der Waals surface area contributed by atoms with Crippen LogP contribution in [-0.2, 0) is 0 Å². The Balaban J connectivity index is 2.05. The molecule has 2 heterocycles. The van der Waals surface area contributed by atoms with Gasteiger partial charge in [0.05, 0.1) is 28.3 Å². The predicted octanol–water partition coefficient (Wildman–Crippen LogP) is 3.78. The summed E-state index contributed by atoms with van der Waals surface area (Å²) in [6.07, 6.45) is 0. The predicted molar refractivity (Wildman–Crippen MR) is 89.7 cm³/mol. The Morgan fingerprint density at radius 3 is 2.83 bits per heavy atom. The summed E-state index contributed by atoms with van der Waals surface area (Å²) in [6.45, 7) is 5.76. The maximum atomic E-state index is 12.8. The molecule has 24 heavy (non-hydrogen) atoms. The first-order chi connectivity index (χ1) is 11.5. The number of nitriles is 1. The van der Waals surface area contributed by atoms with Crippen molar-refractivity contribution in [2.24, 2.45) is 0 Å². The van der Waals surface area contributed by atoms with Crippen LogP contribution in [0.15, 0.2) is 34.9 Å². The van der Waals surface area contributed by atoms with Gasteiger partial charge in [-0.25, -0.2) is 4.98 Å². The maximum Gasteiger partial charge on any atom is 0.259 e. The number of nitrogens with one attached hydrogen (secondary N) is 1. The van der Waals surface area contributed by atoms with Gasteiger partial charge in [-0.05, 0) is 37.1 Å². The monoisotopic (exact) mass is 320 g/mol. The average Bonchev–Trinajstić information content (AvgIpc) is 2.95. The van der Waals surface area contributed by atoms with Crippen LogP contribution in [0.25, 0.3) is 11.1 Å². The Labute approximate surface area is 139 Å². The number of rotatable bonds is 3. The lowest BCUT2D eigenvalue weighted by atomic mass is 10.0. The molecule has 2 aromatic heterocycles. The van der Waals surface area contributed by atoms with E-state index in [9.17, 15) is 4.79 Å². The molecule has 3 rings (SSSR count). The Morgan fingerprint density at radius 2 is 2.12 bits per heavy atom. The molecule has 0 radical (unpaired) electrons. The van der Waals surface area contributed by atoms with Gasteiger partial charge in [-0.1, -0.05) is 25.1 Å². The quantitative estimate of drug-likeness (QED) is 0.793. The van der Waals surface area contributed by atoms with Crippen LogP contribution in [0.3, 0.4) is 0 Å². The van der Waals surface area contributed by atoms with Crippen molar-refractivity contribution in [3.05, 3.63) is 52.8 Å². The zero-order valence-corrected chi connectivity index (χ0v) is 13.6. The van der Waals surface area contributed by atoms with E-state index in [1.54, 1.807) is 37.3 Å². The highest BCUT2D eigenvalue weighted by atomic mass is 16.5. The van der Waals surface area contributed by atoms with Gasteiger partial charge in [0.15, 0.2) is 0 Å². The van der Waals surface area contributed by atoms with Gasteiger partial charge in [-0.15, -0.1) is 0 Å². The van der Waals surface area contributed by atoms with Crippen molar-refractivity contribution >= 4 is 22.7 Å². The summed E-state index contributed by atoms with van der Waals surface area (Å²) in [7, 11) is 0. The van der Waals surface area contributed by atoms with E-state index in [2.05, 4.69) is 21.5 Å². The van der Waals surface area contributed by atoms with E-state index >= 15 is 0 Å². The van der Waals surface area contributed by atoms with Crippen molar-refractivity contribution in [1.29, 1.82) is 5.26 Å². The Bertz CT molecular complexity index is 967. The van der Waals surface area contributed by atoms with E-state index in [0.29, 0.717) is 33.6 Å². The summed E-state index contributed by atoms with van der Waals surface area (Å²) in [5.74, 6) is -0.140. The number of carbonyl (C=O) groups is 1. The number of carbonyl (C=O) groups excluding carboxylic acids is 1. The number of pyridine rings is 1. The van der Waals surface area contributed by atoms with Crippen LogP contribution in [0.1, 0.15) is 47.1 Å². The summed E-state index contributed by atoms with van der Waals surface area (Å²) in [5, 5.41) is 16.3. The fourth-order valence-corrected chi connectivity index (χ4v) is 2.45. The van der Waals surface area contributed by atoms with Crippen LogP contribution in [-0.4, -0.2) is 16.0 Å². The summed E-state index contributed by atoms with van der Waals surface area (Å²) >= 11 is 0. The minimum atomic E-state index is -0.286. The van der Waals surface area contributed by atoms with E-state index in [0.717, 1.165) is 5.69 Å². The number of fused-ring (bicyclic) bond motifs is 1. The van der Waals surface area contributed by atoms with Crippen molar-refractivity contribution in [3.8, 4) is 6.07 Å². The minimum absolute atomic E-state index is 0.147. The first-order valence-electron chi connectivity index (χ1n) is 7.58. The smallest absolute Gasteiger partial charge is 0.259 e. The molecule has 0 bridgehead atoms. The number of hydrogen-bond donors (Lipinski definition) is 1. The number of aryl methyl sites for hydroxylation is 1. The molecular formula is C18H16N4O2. The van der Waals surface area contributed by atoms with Crippen LogP contribution in [0.5, 0.6) is 0 Å². The summed E-state index contributed by atoms with van der Waals surface area (Å²) < 4.78 is 5.23. The fourth-order valence-electron chi connectivity index (χ4n) is 2.45. The van der Waals surface area contributed by atoms with Gasteiger partial charge in [0.1, 0.15) is 0 Å². The molecule has 0 aliphatic carbocycles. The van der Waals surface area contributed by atoms with Crippen molar-refractivity contribution < 1.29 is 9.32 Å². The van der Waals surface area contributed by atoms with E-state index < -0.39 is 0 Å². The number of anilines is 1. The second kappa shape index (κ2) is 6.13. The van der Waals surface area contributed by atoms with Gasteiger partial charge in [-0.3, -0.25) is 4.79 Å². The maximum absolute atomic E-state index is 12.8. The van der Waals surface area contributed by atoms with Gasteiger partial charge in [0.2, 0.25) is 0 Å². The van der Waals surface area contributed by atoms with Crippen LogP contribution in [0.4, 0.5) is 5.69 Å². The molecular weight excluding hydrogens is 304 g/mol. The van der Waals surface area contributed by atoms with Gasteiger partial charge in [0.25, 0.3) is 11.6 Å². The lowest BCUT2D eigenvalue weighted by molar-refractivity contribution is 0.102. The lowest BCUT2D eigenvalue weighted by Crippen LogP contribution is -2.14. The van der Waals surface area contributed by atoms with Crippen LogP contribution >= 0.6 is 0 Å². The highest BCUT2D eigenvalue weighted by molar-refractivity contribution is 6.12. The SMILES string of the molecule is Cc1noc2nc(C(C)C)cc(C(=O)Nc3cccc(C#N)c3)c12. The molecule has 6 nitrogen and oxygen atoms in total. The summed E-state index contributed by atoms with van der Waals surface area (Å²) in [4.78, 5) is 17.2. The number of nitrogens with zero attached hydrogens (tertiary/aromatic N) is 3. The first-order valence-corrected chi connectivity index (χ1v) is 7.58. The average molecular weight is 320 g/mol. The molecule has 120 valence electrons. The lowest BCUT2D eigenvalue weighted by Gasteiger charge is -2.10. The van der Waals surface area contributed by atoms with Crippen LogP contribution in [0, 0.1) is 18.3 Å². The third-order valence-electron chi connectivity index (χ3n) is 3.72. The second-order valence-corrected chi connectivity index (χ2v) is 5.84. The standard InChI is InChI=1S/C18H16N4O2/c1-10(2)15-8-14(16-11(3)22-24-18(16)21-15)17(23)20-13-6-4-5-12(7-13)9-19/h4-8,10H,1-3H3,(H,20,23). The van der Waals surface area contributed by atoms with Crippen molar-refractivity contribution in [2.75, 3.05) is 5.32 Å². The largest absolute Gasteiger partial charge is 0.336 e. The van der Waals surface area contributed by atoms with Gasteiger partial charge in [-0.2, -0.15) is 5.26 Å². The molecule has 1 amide bonds. The third kappa shape index (κ3) is 2.84. The molecule has 0 saturated heterocycles.